The lowest BCUT2D eigenvalue weighted by Crippen LogP contribution is -2.10. The van der Waals surface area contributed by atoms with Crippen molar-refractivity contribution in [2.75, 3.05) is 13.6 Å². The van der Waals surface area contributed by atoms with E-state index in [1.54, 1.807) is 6.07 Å². The number of benzene rings is 1. The van der Waals surface area contributed by atoms with Crippen LogP contribution < -0.4 is 5.32 Å². The molecule has 0 amide bonds. The van der Waals surface area contributed by atoms with Crippen molar-refractivity contribution in [3.05, 3.63) is 30.0 Å². The van der Waals surface area contributed by atoms with Crippen LogP contribution in [0, 0.1) is 0 Å². The minimum absolute atomic E-state index is 0.410. The normalized spacial score (nSPS) is 15.6. The van der Waals surface area contributed by atoms with E-state index in [2.05, 4.69) is 22.1 Å². The van der Waals surface area contributed by atoms with Gasteiger partial charge in [0.25, 0.3) is 0 Å². The molecule has 0 unspecified atom stereocenters. The predicted octanol–water partition coefficient (Wildman–Crippen LogP) is 2.44. The Labute approximate surface area is 101 Å². The van der Waals surface area contributed by atoms with E-state index in [-0.39, 0.29) is 0 Å². The Morgan fingerprint density at radius 3 is 2.94 bits per heavy atom. The minimum Gasteiger partial charge on any atom is -0.507 e. The highest BCUT2D eigenvalue weighted by molar-refractivity contribution is 5.90. The van der Waals surface area contributed by atoms with Crippen LogP contribution in [0.5, 0.6) is 5.75 Å². The molecule has 0 aliphatic heterocycles. The third-order valence-electron chi connectivity index (χ3n) is 3.50. The summed E-state index contributed by atoms with van der Waals surface area (Å²) in [5, 5.41) is 14.2. The van der Waals surface area contributed by atoms with Gasteiger partial charge >= 0.3 is 0 Å². The van der Waals surface area contributed by atoms with E-state index in [4.69, 9.17) is 0 Å². The van der Waals surface area contributed by atoms with Crippen LogP contribution in [-0.4, -0.2) is 23.3 Å². The Kier molecular flexibility index (Phi) is 2.56. The number of rotatable bonds is 4. The van der Waals surface area contributed by atoms with Crippen LogP contribution in [-0.2, 0) is 6.42 Å². The maximum atomic E-state index is 10.0. The summed E-state index contributed by atoms with van der Waals surface area (Å²) >= 11 is 0. The molecule has 0 spiro atoms. The molecule has 0 bridgehead atoms. The van der Waals surface area contributed by atoms with E-state index in [1.165, 1.54) is 23.9 Å². The lowest BCUT2D eigenvalue weighted by Gasteiger charge is -2.02. The van der Waals surface area contributed by atoms with Crippen molar-refractivity contribution in [2.24, 2.45) is 0 Å². The highest BCUT2D eigenvalue weighted by atomic mass is 16.3. The molecule has 0 atom stereocenters. The van der Waals surface area contributed by atoms with Gasteiger partial charge in [-0.3, -0.25) is 0 Å². The summed E-state index contributed by atoms with van der Waals surface area (Å²) in [6, 6.07) is 6.47. The van der Waals surface area contributed by atoms with Crippen molar-refractivity contribution in [2.45, 2.75) is 25.3 Å². The topological polar surface area (TPSA) is 37.2 Å². The second-order valence-corrected chi connectivity index (χ2v) is 4.82. The van der Waals surface area contributed by atoms with Crippen molar-refractivity contribution < 1.29 is 5.11 Å². The Balaban J connectivity index is 2.13. The number of nitrogens with zero attached hydrogens (tertiary/aromatic N) is 1. The van der Waals surface area contributed by atoms with Crippen molar-refractivity contribution in [1.82, 2.24) is 9.88 Å². The first kappa shape index (κ1) is 10.7. The van der Waals surface area contributed by atoms with Gasteiger partial charge in [-0.05, 0) is 50.6 Å². The number of phenolic OH excluding ortho intramolecular Hbond substituents is 1. The minimum atomic E-state index is 0.410. The molecule has 1 heterocycles. The maximum Gasteiger partial charge on any atom is 0.125 e. The molecule has 1 saturated carbocycles. The highest BCUT2D eigenvalue weighted by Crippen LogP contribution is 2.40. The molecule has 0 saturated heterocycles. The summed E-state index contributed by atoms with van der Waals surface area (Å²) in [6.07, 6.45) is 5.72. The third kappa shape index (κ3) is 1.80. The van der Waals surface area contributed by atoms with Gasteiger partial charge < -0.3 is 15.0 Å². The van der Waals surface area contributed by atoms with E-state index in [9.17, 15) is 5.11 Å². The van der Waals surface area contributed by atoms with Crippen LogP contribution in [0.15, 0.2) is 24.4 Å². The van der Waals surface area contributed by atoms with E-state index in [1.807, 2.05) is 13.1 Å². The van der Waals surface area contributed by atoms with Gasteiger partial charge in [0.2, 0.25) is 0 Å². The van der Waals surface area contributed by atoms with Gasteiger partial charge in [-0.1, -0.05) is 6.07 Å². The largest absolute Gasteiger partial charge is 0.507 e. The number of hydrogen-bond acceptors (Lipinski definition) is 2. The van der Waals surface area contributed by atoms with Gasteiger partial charge in [-0.25, -0.2) is 0 Å². The molecular weight excluding hydrogens is 212 g/mol. The van der Waals surface area contributed by atoms with Crippen molar-refractivity contribution in [3.8, 4) is 5.75 Å². The fourth-order valence-electron chi connectivity index (χ4n) is 2.48. The molecule has 1 aromatic heterocycles. The molecule has 3 heteroatoms. The summed E-state index contributed by atoms with van der Waals surface area (Å²) in [4.78, 5) is 0. The zero-order valence-electron chi connectivity index (χ0n) is 10.1. The molecule has 0 radical (unpaired) electrons. The Morgan fingerprint density at radius 1 is 1.41 bits per heavy atom. The van der Waals surface area contributed by atoms with Crippen LogP contribution in [0.4, 0.5) is 0 Å². The van der Waals surface area contributed by atoms with Gasteiger partial charge in [-0.15, -0.1) is 0 Å². The second-order valence-electron chi connectivity index (χ2n) is 4.82. The van der Waals surface area contributed by atoms with E-state index >= 15 is 0 Å². The first-order chi connectivity index (χ1) is 8.31. The Bertz CT molecular complexity index is 540. The summed E-state index contributed by atoms with van der Waals surface area (Å²) in [5.41, 5.74) is 2.43. The Hall–Kier alpha value is -1.48. The van der Waals surface area contributed by atoms with Crippen molar-refractivity contribution in [3.63, 3.8) is 0 Å². The quantitative estimate of drug-likeness (QED) is 0.846. The zero-order valence-corrected chi connectivity index (χ0v) is 10.1. The summed E-state index contributed by atoms with van der Waals surface area (Å²) in [7, 11) is 1.96. The molecule has 1 fully saturated rings. The first-order valence-corrected chi connectivity index (χ1v) is 6.27. The molecule has 1 aliphatic carbocycles. The molecule has 3 nitrogen and oxygen atoms in total. The standard InChI is InChI=1S/C14H18N2O/c1-15-8-7-10-9-16(11-5-6-11)12-3-2-4-13(17)14(10)12/h2-4,9,11,15,17H,5-8H2,1H3. The van der Waals surface area contributed by atoms with Gasteiger partial charge in [-0.2, -0.15) is 0 Å². The van der Waals surface area contributed by atoms with Crippen LogP contribution >= 0.6 is 0 Å². The van der Waals surface area contributed by atoms with Crippen molar-refractivity contribution in [1.29, 1.82) is 0 Å². The lowest BCUT2D eigenvalue weighted by atomic mass is 10.1. The van der Waals surface area contributed by atoms with Gasteiger partial charge in [0.15, 0.2) is 0 Å². The SMILES string of the molecule is CNCCc1cn(C2CC2)c2cccc(O)c12. The van der Waals surface area contributed by atoms with Gasteiger partial charge in [0, 0.05) is 17.6 Å². The molecule has 17 heavy (non-hydrogen) atoms. The number of fused-ring (bicyclic) bond motifs is 1. The van der Waals surface area contributed by atoms with E-state index in [0.717, 1.165) is 18.4 Å². The fourth-order valence-corrected chi connectivity index (χ4v) is 2.48. The number of aromatic nitrogens is 1. The summed E-state index contributed by atoms with van der Waals surface area (Å²) in [6.45, 7) is 0.943. The van der Waals surface area contributed by atoms with Crippen LogP contribution in [0.2, 0.25) is 0 Å². The average Bonchev–Trinajstić information content (AvgIpc) is 3.10. The monoisotopic (exact) mass is 230 g/mol. The first-order valence-electron chi connectivity index (χ1n) is 6.27. The number of hydrogen-bond donors (Lipinski definition) is 2. The number of nitrogens with one attached hydrogen (secondary N) is 1. The molecule has 1 aliphatic rings. The third-order valence-corrected chi connectivity index (χ3v) is 3.50. The van der Waals surface area contributed by atoms with E-state index in [0.29, 0.717) is 11.8 Å². The molecule has 90 valence electrons. The number of aromatic hydroxyl groups is 1. The highest BCUT2D eigenvalue weighted by Gasteiger charge is 2.26. The average molecular weight is 230 g/mol. The molecular formula is C14H18N2O. The fraction of sp³-hybridized carbons (Fsp3) is 0.429. The van der Waals surface area contributed by atoms with Gasteiger partial charge in [0.05, 0.1) is 5.52 Å². The molecule has 2 aromatic rings. The number of likely N-dealkylation sites (N-methyl/N-ethyl adjacent to an activating group) is 1. The second kappa shape index (κ2) is 4.08. The van der Waals surface area contributed by atoms with Crippen LogP contribution in [0.3, 0.4) is 0 Å². The van der Waals surface area contributed by atoms with Crippen molar-refractivity contribution >= 4 is 10.9 Å². The summed E-state index contributed by atoms with van der Waals surface area (Å²) in [5.74, 6) is 0.410. The molecule has 2 N–H and O–H groups in total. The predicted molar refractivity (Wildman–Crippen MR) is 69.5 cm³/mol. The Morgan fingerprint density at radius 2 is 2.24 bits per heavy atom. The number of phenols is 1. The van der Waals surface area contributed by atoms with Gasteiger partial charge in [0.1, 0.15) is 5.75 Å². The summed E-state index contributed by atoms with van der Waals surface area (Å²) < 4.78 is 2.33. The van der Waals surface area contributed by atoms with E-state index < -0.39 is 0 Å². The molecule has 3 rings (SSSR count). The molecule has 1 aromatic carbocycles. The maximum absolute atomic E-state index is 10.0. The smallest absolute Gasteiger partial charge is 0.125 e. The zero-order chi connectivity index (χ0) is 11.8. The lowest BCUT2D eigenvalue weighted by molar-refractivity contribution is 0.481. The van der Waals surface area contributed by atoms with Crippen LogP contribution in [0.25, 0.3) is 10.9 Å². The van der Waals surface area contributed by atoms with Crippen LogP contribution in [0.1, 0.15) is 24.4 Å².